The Morgan fingerprint density at radius 3 is 2.69 bits per heavy atom. The van der Waals surface area contributed by atoms with Gasteiger partial charge in [0, 0.05) is 24.8 Å². The lowest BCUT2D eigenvalue weighted by Crippen LogP contribution is -2.07. The number of carbonyl (C=O) groups excluding carboxylic acids is 1. The zero-order chi connectivity index (χ0) is 9.84. The normalized spacial score (nSPS) is 9.69. The maximum atomic E-state index is 10.7. The minimum Gasteiger partial charge on any atom is -0.399 e. The molecule has 1 rings (SSSR count). The number of nitrogens with one attached hydrogen (secondary N) is 1. The molecule has 0 saturated heterocycles. The molecule has 70 valence electrons. The van der Waals surface area contributed by atoms with Crippen LogP contribution >= 0.6 is 0 Å². The van der Waals surface area contributed by atoms with Gasteiger partial charge in [0.05, 0.1) is 0 Å². The van der Waals surface area contributed by atoms with Crippen LogP contribution in [-0.4, -0.2) is 5.91 Å². The van der Waals surface area contributed by atoms with E-state index in [1.54, 1.807) is 18.2 Å². The Bertz CT molecular complexity index is 323. The fraction of sp³-hybridized carbons (Fsp3) is 0.222. The number of nitrogens with two attached hydrogens (primary N) is 2. The third kappa shape index (κ3) is 2.76. The Hall–Kier alpha value is -1.55. The predicted octanol–water partition coefficient (Wildman–Crippen LogP) is 0.686. The van der Waals surface area contributed by atoms with Crippen molar-refractivity contribution in [2.75, 3.05) is 11.1 Å². The summed E-state index contributed by atoms with van der Waals surface area (Å²) < 4.78 is 0. The molecule has 1 aromatic rings. The Morgan fingerprint density at radius 1 is 1.46 bits per heavy atom. The first-order valence-electron chi connectivity index (χ1n) is 3.99. The van der Waals surface area contributed by atoms with Crippen LogP contribution in [-0.2, 0) is 11.3 Å². The maximum Gasteiger partial charge on any atom is 0.221 e. The number of carbonyl (C=O) groups is 1. The van der Waals surface area contributed by atoms with Crippen LogP contribution in [0.1, 0.15) is 12.5 Å². The van der Waals surface area contributed by atoms with E-state index in [4.69, 9.17) is 11.5 Å². The van der Waals surface area contributed by atoms with Crippen molar-refractivity contribution in [3.05, 3.63) is 23.8 Å². The second-order valence-corrected chi connectivity index (χ2v) is 2.85. The minimum absolute atomic E-state index is 0.117. The van der Waals surface area contributed by atoms with E-state index in [1.165, 1.54) is 6.92 Å². The molecule has 1 aromatic carbocycles. The predicted molar refractivity (Wildman–Crippen MR) is 53.0 cm³/mol. The summed E-state index contributed by atoms with van der Waals surface area (Å²) in [5.74, 6) is -0.117. The van der Waals surface area contributed by atoms with Crippen LogP contribution in [0.3, 0.4) is 0 Å². The van der Waals surface area contributed by atoms with Gasteiger partial charge in [-0.1, -0.05) is 0 Å². The molecule has 13 heavy (non-hydrogen) atoms. The summed E-state index contributed by atoms with van der Waals surface area (Å²) in [5, 5.41) is 2.65. The molecule has 4 nitrogen and oxygen atoms in total. The van der Waals surface area contributed by atoms with Crippen molar-refractivity contribution < 1.29 is 4.79 Å². The summed E-state index contributed by atoms with van der Waals surface area (Å²) in [6.07, 6.45) is 0. The van der Waals surface area contributed by atoms with Gasteiger partial charge < -0.3 is 16.8 Å². The summed E-state index contributed by atoms with van der Waals surface area (Å²) in [6, 6.07) is 5.28. The Labute approximate surface area is 76.9 Å². The monoisotopic (exact) mass is 179 g/mol. The summed E-state index contributed by atoms with van der Waals surface area (Å²) in [6.45, 7) is 1.86. The first kappa shape index (κ1) is 9.54. The standard InChI is InChI=1S/C9H13N3O/c1-6(13)12-9-3-7(5-10)2-8(11)4-9/h2-4H,5,10-11H2,1H3,(H,12,13). The first-order chi connectivity index (χ1) is 6.11. The van der Waals surface area contributed by atoms with E-state index in [2.05, 4.69) is 5.32 Å². The lowest BCUT2D eigenvalue weighted by Gasteiger charge is -2.05. The topological polar surface area (TPSA) is 81.1 Å². The summed E-state index contributed by atoms with van der Waals surface area (Å²) >= 11 is 0. The molecule has 0 radical (unpaired) electrons. The van der Waals surface area contributed by atoms with Gasteiger partial charge in [0.2, 0.25) is 5.91 Å². The van der Waals surface area contributed by atoms with Crippen molar-refractivity contribution >= 4 is 17.3 Å². The number of hydrogen-bond acceptors (Lipinski definition) is 3. The van der Waals surface area contributed by atoms with Crippen LogP contribution < -0.4 is 16.8 Å². The van der Waals surface area contributed by atoms with E-state index in [-0.39, 0.29) is 5.91 Å². The molecule has 0 aliphatic heterocycles. The lowest BCUT2D eigenvalue weighted by atomic mass is 10.2. The minimum atomic E-state index is -0.117. The van der Waals surface area contributed by atoms with E-state index >= 15 is 0 Å². The molecule has 0 bridgehead atoms. The van der Waals surface area contributed by atoms with Crippen LogP contribution in [0.15, 0.2) is 18.2 Å². The SMILES string of the molecule is CC(=O)Nc1cc(N)cc(CN)c1. The molecule has 0 heterocycles. The van der Waals surface area contributed by atoms with Crippen LogP contribution in [0.2, 0.25) is 0 Å². The van der Waals surface area contributed by atoms with Crippen molar-refractivity contribution in [1.29, 1.82) is 0 Å². The van der Waals surface area contributed by atoms with Gasteiger partial charge in [-0.05, 0) is 23.8 Å². The van der Waals surface area contributed by atoms with E-state index < -0.39 is 0 Å². The number of rotatable bonds is 2. The van der Waals surface area contributed by atoms with Crippen LogP contribution in [0.25, 0.3) is 0 Å². The first-order valence-corrected chi connectivity index (χ1v) is 3.99. The quantitative estimate of drug-likeness (QED) is 0.584. The van der Waals surface area contributed by atoms with Crippen molar-refractivity contribution in [3.8, 4) is 0 Å². The highest BCUT2D eigenvalue weighted by atomic mass is 16.1. The molecule has 5 N–H and O–H groups in total. The van der Waals surface area contributed by atoms with Crippen LogP contribution in [0.4, 0.5) is 11.4 Å². The third-order valence-corrected chi connectivity index (χ3v) is 1.57. The molecule has 0 saturated carbocycles. The van der Waals surface area contributed by atoms with E-state index in [9.17, 15) is 4.79 Å². The molecule has 4 heteroatoms. The van der Waals surface area contributed by atoms with Gasteiger partial charge in [0.1, 0.15) is 0 Å². The number of hydrogen-bond donors (Lipinski definition) is 3. The molecule has 0 aromatic heterocycles. The third-order valence-electron chi connectivity index (χ3n) is 1.57. The Balaban J connectivity index is 2.94. The number of benzene rings is 1. The number of anilines is 2. The van der Waals surface area contributed by atoms with E-state index in [1.807, 2.05) is 0 Å². The smallest absolute Gasteiger partial charge is 0.221 e. The van der Waals surface area contributed by atoms with Gasteiger partial charge in [-0.3, -0.25) is 4.79 Å². The molecule has 0 spiro atoms. The highest BCUT2D eigenvalue weighted by Crippen LogP contribution is 2.15. The molecular weight excluding hydrogens is 166 g/mol. The zero-order valence-electron chi connectivity index (χ0n) is 7.50. The molecule has 0 aliphatic rings. The van der Waals surface area contributed by atoms with Crippen LogP contribution in [0.5, 0.6) is 0 Å². The van der Waals surface area contributed by atoms with Gasteiger partial charge in [-0.15, -0.1) is 0 Å². The molecule has 0 atom stereocenters. The Morgan fingerprint density at radius 2 is 2.15 bits per heavy atom. The second-order valence-electron chi connectivity index (χ2n) is 2.85. The molecular formula is C9H13N3O. The van der Waals surface area contributed by atoms with Crippen molar-refractivity contribution in [1.82, 2.24) is 0 Å². The van der Waals surface area contributed by atoms with Gasteiger partial charge >= 0.3 is 0 Å². The molecule has 0 aliphatic carbocycles. The van der Waals surface area contributed by atoms with Crippen molar-refractivity contribution in [2.24, 2.45) is 5.73 Å². The largest absolute Gasteiger partial charge is 0.399 e. The van der Waals surface area contributed by atoms with Crippen molar-refractivity contribution in [2.45, 2.75) is 13.5 Å². The summed E-state index contributed by atoms with van der Waals surface area (Å²) in [7, 11) is 0. The van der Waals surface area contributed by atoms with E-state index in [0.717, 1.165) is 5.56 Å². The second kappa shape index (κ2) is 3.91. The summed E-state index contributed by atoms with van der Waals surface area (Å²) in [4.78, 5) is 10.7. The maximum absolute atomic E-state index is 10.7. The Kier molecular flexibility index (Phi) is 2.87. The fourth-order valence-corrected chi connectivity index (χ4v) is 1.11. The average Bonchev–Trinajstić information content (AvgIpc) is 2.01. The highest BCUT2D eigenvalue weighted by molar-refractivity contribution is 5.89. The average molecular weight is 179 g/mol. The molecule has 1 amide bonds. The molecule has 0 unspecified atom stereocenters. The number of amides is 1. The molecule has 0 fully saturated rings. The zero-order valence-corrected chi connectivity index (χ0v) is 7.50. The number of nitrogen functional groups attached to an aromatic ring is 1. The van der Waals surface area contributed by atoms with Crippen LogP contribution in [0, 0.1) is 0 Å². The highest BCUT2D eigenvalue weighted by Gasteiger charge is 1.98. The summed E-state index contributed by atoms with van der Waals surface area (Å²) in [5.41, 5.74) is 13.3. The fourth-order valence-electron chi connectivity index (χ4n) is 1.11. The van der Waals surface area contributed by atoms with Gasteiger partial charge in [-0.2, -0.15) is 0 Å². The van der Waals surface area contributed by atoms with Gasteiger partial charge in [0.25, 0.3) is 0 Å². The van der Waals surface area contributed by atoms with Crippen molar-refractivity contribution in [3.63, 3.8) is 0 Å². The van der Waals surface area contributed by atoms with E-state index in [0.29, 0.717) is 17.9 Å². The van der Waals surface area contributed by atoms with Gasteiger partial charge in [0.15, 0.2) is 0 Å². The van der Waals surface area contributed by atoms with Gasteiger partial charge in [-0.25, -0.2) is 0 Å². The lowest BCUT2D eigenvalue weighted by molar-refractivity contribution is -0.114.